The molecule has 0 spiro atoms. The first-order valence-corrected chi connectivity index (χ1v) is 6.99. The quantitative estimate of drug-likeness (QED) is 0.896. The first-order chi connectivity index (χ1) is 9.06. The van der Waals surface area contributed by atoms with Crippen LogP contribution in [0.25, 0.3) is 5.69 Å². The van der Waals surface area contributed by atoms with Crippen molar-refractivity contribution in [2.24, 2.45) is 0 Å². The van der Waals surface area contributed by atoms with Crippen LogP contribution in [0.15, 0.2) is 30.3 Å². The number of aromatic nitrogens is 2. The Morgan fingerprint density at radius 3 is 2.32 bits per heavy atom. The van der Waals surface area contributed by atoms with E-state index in [0.29, 0.717) is 11.8 Å². The van der Waals surface area contributed by atoms with Gasteiger partial charge in [-0.3, -0.25) is 0 Å². The summed E-state index contributed by atoms with van der Waals surface area (Å²) in [5.41, 5.74) is 9.69. The Hall–Kier alpha value is -1.77. The largest absolute Gasteiger partial charge is 0.383 e. The van der Waals surface area contributed by atoms with Gasteiger partial charge >= 0.3 is 0 Å². The van der Waals surface area contributed by atoms with Gasteiger partial charge in [-0.1, -0.05) is 45.9 Å². The molecule has 0 amide bonds. The Balaban J connectivity index is 2.59. The summed E-state index contributed by atoms with van der Waals surface area (Å²) in [5.74, 6) is 1.60. The van der Waals surface area contributed by atoms with E-state index in [1.165, 1.54) is 5.56 Å². The standard InChI is InChI=1S/C16H23N3/c1-5-12(4)15-14(11(2)3)16(17)19(18-15)13-9-7-6-8-10-13/h6-12H,5,17H2,1-4H3. The molecule has 2 rings (SSSR count). The number of nitrogen functional groups attached to an aromatic ring is 1. The number of nitrogens with two attached hydrogens (primary N) is 1. The van der Waals surface area contributed by atoms with Crippen LogP contribution < -0.4 is 5.73 Å². The van der Waals surface area contributed by atoms with Crippen molar-refractivity contribution in [2.75, 3.05) is 5.73 Å². The van der Waals surface area contributed by atoms with Gasteiger partial charge in [0, 0.05) is 11.5 Å². The van der Waals surface area contributed by atoms with Gasteiger partial charge < -0.3 is 5.73 Å². The summed E-state index contributed by atoms with van der Waals surface area (Å²) in [5, 5.41) is 4.76. The van der Waals surface area contributed by atoms with Gasteiger partial charge in [-0.2, -0.15) is 5.10 Å². The first kappa shape index (κ1) is 13.7. The molecule has 0 saturated heterocycles. The summed E-state index contributed by atoms with van der Waals surface area (Å²) in [4.78, 5) is 0. The van der Waals surface area contributed by atoms with E-state index in [1.54, 1.807) is 0 Å². The molecule has 3 nitrogen and oxygen atoms in total. The van der Waals surface area contributed by atoms with Crippen LogP contribution in [0.5, 0.6) is 0 Å². The van der Waals surface area contributed by atoms with Crippen molar-refractivity contribution in [3.05, 3.63) is 41.6 Å². The van der Waals surface area contributed by atoms with Crippen molar-refractivity contribution in [3.8, 4) is 5.69 Å². The van der Waals surface area contributed by atoms with Gasteiger partial charge in [-0.05, 0) is 24.5 Å². The molecule has 2 aromatic rings. The lowest BCUT2D eigenvalue weighted by atomic mass is 9.94. The van der Waals surface area contributed by atoms with Gasteiger partial charge in [0.25, 0.3) is 0 Å². The SMILES string of the molecule is CCC(C)c1nn(-c2ccccc2)c(N)c1C(C)C. The molecule has 1 atom stereocenters. The van der Waals surface area contributed by atoms with Gasteiger partial charge in [0.1, 0.15) is 5.82 Å². The van der Waals surface area contributed by atoms with Gasteiger partial charge in [0.05, 0.1) is 11.4 Å². The van der Waals surface area contributed by atoms with E-state index in [9.17, 15) is 0 Å². The fraction of sp³-hybridized carbons (Fsp3) is 0.438. The summed E-state index contributed by atoms with van der Waals surface area (Å²) < 4.78 is 1.87. The number of rotatable bonds is 4. The molecule has 0 fully saturated rings. The predicted octanol–water partition coefficient (Wildman–Crippen LogP) is 4.09. The summed E-state index contributed by atoms with van der Waals surface area (Å²) in [6, 6.07) is 10.1. The average Bonchev–Trinajstić information content (AvgIpc) is 2.76. The Kier molecular flexibility index (Phi) is 3.93. The lowest BCUT2D eigenvalue weighted by molar-refractivity contribution is 0.674. The van der Waals surface area contributed by atoms with Crippen LogP contribution in [0.1, 0.15) is 57.2 Å². The molecule has 2 N–H and O–H groups in total. The second kappa shape index (κ2) is 5.47. The van der Waals surface area contributed by atoms with Crippen LogP contribution >= 0.6 is 0 Å². The Morgan fingerprint density at radius 2 is 1.79 bits per heavy atom. The third kappa shape index (κ3) is 2.50. The molecule has 102 valence electrons. The lowest BCUT2D eigenvalue weighted by Gasteiger charge is -2.11. The number of anilines is 1. The molecule has 1 unspecified atom stereocenters. The predicted molar refractivity (Wildman–Crippen MR) is 80.8 cm³/mol. The van der Waals surface area contributed by atoms with Crippen LogP contribution in [-0.4, -0.2) is 9.78 Å². The van der Waals surface area contributed by atoms with Crippen LogP contribution in [0.4, 0.5) is 5.82 Å². The van der Waals surface area contributed by atoms with Crippen LogP contribution in [0.2, 0.25) is 0 Å². The molecule has 0 aliphatic heterocycles. The number of nitrogens with zero attached hydrogens (tertiary/aromatic N) is 2. The minimum absolute atomic E-state index is 0.390. The monoisotopic (exact) mass is 257 g/mol. The molecule has 0 radical (unpaired) electrons. The van der Waals surface area contributed by atoms with Crippen molar-refractivity contribution in [1.82, 2.24) is 9.78 Å². The van der Waals surface area contributed by atoms with E-state index in [2.05, 4.69) is 27.7 Å². The molecule has 0 aliphatic carbocycles. The number of hydrogen-bond donors (Lipinski definition) is 1. The zero-order valence-electron chi connectivity index (χ0n) is 12.2. The second-order valence-electron chi connectivity index (χ2n) is 5.40. The number of hydrogen-bond acceptors (Lipinski definition) is 2. The van der Waals surface area contributed by atoms with Crippen molar-refractivity contribution in [2.45, 2.75) is 46.0 Å². The van der Waals surface area contributed by atoms with Gasteiger partial charge in [0.2, 0.25) is 0 Å². The topological polar surface area (TPSA) is 43.8 Å². The maximum Gasteiger partial charge on any atom is 0.130 e. The molecule has 1 aromatic carbocycles. The minimum atomic E-state index is 0.390. The van der Waals surface area contributed by atoms with Crippen LogP contribution in [0.3, 0.4) is 0 Å². The zero-order chi connectivity index (χ0) is 14.0. The first-order valence-electron chi connectivity index (χ1n) is 6.99. The van der Waals surface area contributed by atoms with Crippen molar-refractivity contribution < 1.29 is 0 Å². The fourth-order valence-electron chi connectivity index (χ4n) is 2.38. The summed E-state index contributed by atoms with van der Waals surface area (Å²) in [6.07, 6.45) is 1.07. The van der Waals surface area contributed by atoms with E-state index in [4.69, 9.17) is 10.8 Å². The van der Waals surface area contributed by atoms with Crippen LogP contribution in [-0.2, 0) is 0 Å². The molecule has 0 saturated carbocycles. The van der Waals surface area contributed by atoms with Gasteiger partial charge in [-0.15, -0.1) is 0 Å². The van der Waals surface area contributed by atoms with Crippen molar-refractivity contribution in [1.29, 1.82) is 0 Å². The van der Waals surface area contributed by atoms with Crippen molar-refractivity contribution in [3.63, 3.8) is 0 Å². The third-order valence-electron chi connectivity index (χ3n) is 3.65. The third-order valence-corrected chi connectivity index (χ3v) is 3.65. The minimum Gasteiger partial charge on any atom is -0.383 e. The van der Waals surface area contributed by atoms with E-state index in [1.807, 2.05) is 35.0 Å². The highest BCUT2D eigenvalue weighted by Gasteiger charge is 2.22. The van der Waals surface area contributed by atoms with E-state index < -0.39 is 0 Å². The van der Waals surface area contributed by atoms with Gasteiger partial charge in [0.15, 0.2) is 0 Å². The molecule has 1 heterocycles. The molecule has 0 aliphatic rings. The molecule has 3 heteroatoms. The Bertz CT molecular complexity index is 541. The molecular weight excluding hydrogens is 234 g/mol. The number of benzene rings is 1. The normalized spacial score (nSPS) is 12.9. The zero-order valence-corrected chi connectivity index (χ0v) is 12.2. The maximum absolute atomic E-state index is 6.33. The summed E-state index contributed by atoms with van der Waals surface area (Å²) >= 11 is 0. The molecule has 0 bridgehead atoms. The van der Waals surface area contributed by atoms with E-state index in [-0.39, 0.29) is 0 Å². The Labute approximate surface area is 115 Å². The van der Waals surface area contributed by atoms with Gasteiger partial charge in [-0.25, -0.2) is 4.68 Å². The number of para-hydroxylation sites is 1. The van der Waals surface area contributed by atoms with Crippen LogP contribution in [0, 0.1) is 0 Å². The van der Waals surface area contributed by atoms with E-state index >= 15 is 0 Å². The summed E-state index contributed by atoms with van der Waals surface area (Å²) in [7, 11) is 0. The lowest BCUT2D eigenvalue weighted by Crippen LogP contribution is -2.03. The average molecular weight is 257 g/mol. The highest BCUT2D eigenvalue weighted by atomic mass is 15.3. The summed E-state index contributed by atoms with van der Waals surface area (Å²) in [6.45, 7) is 8.75. The molecular formula is C16H23N3. The highest BCUT2D eigenvalue weighted by molar-refractivity contribution is 5.52. The Morgan fingerprint density at radius 1 is 1.16 bits per heavy atom. The smallest absolute Gasteiger partial charge is 0.130 e. The maximum atomic E-state index is 6.33. The molecule has 1 aromatic heterocycles. The highest BCUT2D eigenvalue weighted by Crippen LogP contribution is 2.33. The van der Waals surface area contributed by atoms with E-state index in [0.717, 1.165) is 23.6 Å². The van der Waals surface area contributed by atoms with Crippen molar-refractivity contribution >= 4 is 5.82 Å². The second-order valence-corrected chi connectivity index (χ2v) is 5.40. The fourth-order valence-corrected chi connectivity index (χ4v) is 2.38. The molecule has 19 heavy (non-hydrogen) atoms.